The molecular formula is C21H20ClNO4. The maximum Gasteiger partial charge on any atom is 0.255 e. The van der Waals surface area contributed by atoms with Gasteiger partial charge < -0.3 is 19.5 Å². The molecule has 0 fully saturated rings. The number of rotatable bonds is 4. The molecule has 27 heavy (non-hydrogen) atoms. The number of nitrogens with one attached hydrogen (secondary N) is 1. The Bertz CT molecular complexity index is 938. The van der Waals surface area contributed by atoms with Crippen LogP contribution in [0.5, 0.6) is 17.2 Å². The first-order chi connectivity index (χ1) is 13.0. The van der Waals surface area contributed by atoms with Crippen LogP contribution in [0.1, 0.15) is 25.0 Å². The summed E-state index contributed by atoms with van der Waals surface area (Å²) in [4.78, 5) is 12.8. The first-order valence-electron chi connectivity index (χ1n) is 8.94. The highest BCUT2D eigenvalue weighted by atomic mass is 35.5. The summed E-state index contributed by atoms with van der Waals surface area (Å²) in [7, 11) is 0. The number of amides is 1. The number of ether oxygens (including phenoxy) is 3. The van der Waals surface area contributed by atoms with Gasteiger partial charge in [0.1, 0.15) is 30.0 Å². The van der Waals surface area contributed by atoms with Gasteiger partial charge in [-0.15, -0.1) is 0 Å². The molecule has 0 saturated heterocycles. The molecular weight excluding hydrogens is 366 g/mol. The van der Waals surface area contributed by atoms with Crippen LogP contribution in [-0.4, -0.2) is 25.2 Å². The third-order valence-electron chi connectivity index (χ3n) is 4.52. The molecule has 0 aliphatic carbocycles. The summed E-state index contributed by atoms with van der Waals surface area (Å²) in [6.45, 7) is 4.64. The minimum atomic E-state index is -0.243. The van der Waals surface area contributed by atoms with Crippen molar-refractivity contribution in [2.24, 2.45) is 0 Å². The summed E-state index contributed by atoms with van der Waals surface area (Å²) in [5, 5.41) is 3.53. The molecule has 1 amide bonds. The molecule has 0 saturated carbocycles. The van der Waals surface area contributed by atoms with E-state index in [-0.39, 0.29) is 18.6 Å². The van der Waals surface area contributed by atoms with E-state index in [4.69, 9.17) is 25.8 Å². The van der Waals surface area contributed by atoms with E-state index in [1.807, 2.05) is 26.0 Å². The highest BCUT2D eigenvalue weighted by molar-refractivity contribution is 6.30. The number of hydrogen-bond acceptors (Lipinski definition) is 4. The lowest BCUT2D eigenvalue weighted by atomic mass is 10.1. The molecule has 1 N–H and O–H groups in total. The summed E-state index contributed by atoms with van der Waals surface area (Å²) >= 11 is 6.04. The Morgan fingerprint density at radius 1 is 1.30 bits per heavy atom. The van der Waals surface area contributed by atoms with Crippen LogP contribution in [0, 0.1) is 0 Å². The van der Waals surface area contributed by atoms with Crippen molar-refractivity contribution in [2.75, 3.05) is 18.5 Å². The van der Waals surface area contributed by atoms with Gasteiger partial charge in [-0.05, 0) is 44.2 Å². The standard InChI is InChI=1S/C21H20ClNO4/c1-3-25-20-9-13-6-12(2)27-19(13)10-17(20)23-21(24)15-7-14-8-16(22)4-5-18(14)26-11-15/h4-5,7-10,12H,3,6,11H2,1-2H3,(H,23,24). The van der Waals surface area contributed by atoms with Gasteiger partial charge in [0.15, 0.2) is 0 Å². The quantitative estimate of drug-likeness (QED) is 0.843. The van der Waals surface area contributed by atoms with Gasteiger partial charge >= 0.3 is 0 Å². The molecule has 2 aliphatic heterocycles. The summed E-state index contributed by atoms with van der Waals surface area (Å²) in [6, 6.07) is 9.11. The van der Waals surface area contributed by atoms with E-state index in [1.54, 1.807) is 24.3 Å². The smallest absolute Gasteiger partial charge is 0.255 e. The Kier molecular flexibility index (Phi) is 4.70. The fraction of sp³-hybridized carbons (Fsp3) is 0.286. The van der Waals surface area contributed by atoms with Gasteiger partial charge in [-0.1, -0.05) is 11.6 Å². The van der Waals surface area contributed by atoms with E-state index in [0.29, 0.717) is 34.4 Å². The predicted molar refractivity (Wildman–Crippen MR) is 105 cm³/mol. The lowest BCUT2D eigenvalue weighted by Crippen LogP contribution is -2.21. The second-order valence-corrected chi connectivity index (χ2v) is 7.05. The fourth-order valence-electron chi connectivity index (χ4n) is 3.29. The fourth-order valence-corrected chi connectivity index (χ4v) is 3.47. The van der Waals surface area contributed by atoms with Gasteiger partial charge in [0.2, 0.25) is 0 Å². The van der Waals surface area contributed by atoms with E-state index in [9.17, 15) is 4.79 Å². The van der Waals surface area contributed by atoms with Crippen molar-refractivity contribution in [1.82, 2.24) is 0 Å². The second kappa shape index (κ2) is 7.16. The average molecular weight is 386 g/mol. The lowest BCUT2D eigenvalue weighted by molar-refractivity contribution is -0.113. The molecule has 1 atom stereocenters. The van der Waals surface area contributed by atoms with E-state index in [1.165, 1.54) is 0 Å². The molecule has 2 aromatic carbocycles. The second-order valence-electron chi connectivity index (χ2n) is 6.62. The van der Waals surface area contributed by atoms with Crippen molar-refractivity contribution in [1.29, 1.82) is 0 Å². The highest BCUT2D eigenvalue weighted by Crippen LogP contribution is 2.38. The number of anilines is 1. The van der Waals surface area contributed by atoms with Gasteiger partial charge in [-0.25, -0.2) is 0 Å². The Hall–Kier alpha value is -2.66. The van der Waals surface area contributed by atoms with Crippen molar-refractivity contribution >= 4 is 29.3 Å². The number of hydrogen-bond donors (Lipinski definition) is 1. The van der Waals surface area contributed by atoms with Crippen LogP contribution in [0.3, 0.4) is 0 Å². The number of benzene rings is 2. The van der Waals surface area contributed by atoms with Crippen LogP contribution in [0.15, 0.2) is 35.9 Å². The first-order valence-corrected chi connectivity index (χ1v) is 9.32. The van der Waals surface area contributed by atoms with Crippen LogP contribution in [0.4, 0.5) is 5.69 Å². The van der Waals surface area contributed by atoms with Crippen molar-refractivity contribution in [3.8, 4) is 17.2 Å². The van der Waals surface area contributed by atoms with Crippen LogP contribution in [0.2, 0.25) is 5.02 Å². The number of carbonyl (C=O) groups excluding carboxylic acids is 1. The zero-order valence-electron chi connectivity index (χ0n) is 15.2. The average Bonchev–Trinajstić information content (AvgIpc) is 3.00. The largest absolute Gasteiger partial charge is 0.492 e. The molecule has 0 radical (unpaired) electrons. The Labute approximate surface area is 162 Å². The number of halogens is 1. The summed E-state index contributed by atoms with van der Waals surface area (Å²) in [5.41, 5.74) is 2.98. The van der Waals surface area contributed by atoms with E-state index in [0.717, 1.165) is 23.3 Å². The van der Waals surface area contributed by atoms with E-state index < -0.39 is 0 Å². The molecule has 6 heteroatoms. The van der Waals surface area contributed by atoms with Crippen molar-refractivity contribution in [3.63, 3.8) is 0 Å². The molecule has 2 aliphatic rings. The molecule has 2 aromatic rings. The molecule has 4 rings (SSSR count). The number of fused-ring (bicyclic) bond motifs is 2. The lowest BCUT2D eigenvalue weighted by Gasteiger charge is -2.19. The Balaban J connectivity index is 1.61. The Morgan fingerprint density at radius 2 is 2.15 bits per heavy atom. The molecule has 140 valence electrons. The van der Waals surface area contributed by atoms with Gasteiger partial charge in [0.25, 0.3) is 5.91 Å². The third-order valence-corrected chi connectivity index (χ3v) is 4.76. The normalized spacial score (nSPS) is 17.1. The van der Waals surface area contributed by atoms with Gasteiger partial charge in [-0.2, -0.15) is 0 Å². The van der Waals surface area contributed by atoms with Crippen molar-refractivity contribution in [3.05, 3.63) is 52.1 Å². The van der Waals surface area contributed by atoms with E-state index in [2.05, 4.69) is 5.32 Å². The number of carbonyl (C=O) groups is 1. The third kappa shape index (κ3) is 3.60. The molecule has 0 bridgehead atoms. The van der Waals surface area contributed by atoms with Gasteiger partial charge in [-0.3, -0.25) is 4.79 Å². The zero-order chi connectivity index (χ0) is 19.0. The van der Waals surface area contributed by atoms with Crippen LogP contribution in [0.25, 0.3) is 6.08 Å². The molecule has 0 spiro atoms. The topological polar surface area (TPSA) is 56.8 Å². The van der Waals surface area contributed by atoms with E-state index >= 15 is 0 Å². The Morgan fingerprint density at radius 3 is 2.96 bits per heavy atom. The maximum atomic E-state index is 12.8. The van der Waals surface area contributed by atoms with Crippen LogP contribution >= 0.6 is 11.6 Å². The predicted octanol–water partition coefficient (Wildman–Crippen LogP) is 4.48. The summed E-state index contributed by atoms with van der Waals surface area (Å²) < 4.78 is 17.2. The van der Waals surface area contributed by atoms with Crippen LogP contribution < -0.4 is 19.5 Å². The van der Waals surface area contributed by atoms with Gasteiger partial charge in [0.05, 0.1) is 17.9 Å². The first kappa shape index (κ1) is 17.7. The highest BCUT2D eigenvalue weighted by Gasteiger charge is 2.24. The molecule has 5 nitrogen and oxygen atoms in total. The zero-order valence-corrected chi connectivity index (χ0v) is 15.9. The molecule has 2 heterocycles. The molecule has 0 aromatic heterocycles. The SMILES string of the molecule is CCOc1cc2c(cc1NC(=O)C1=Cc3cc(Cl)ccc3OC1)OC(C)C2. The summed E-state index contributed by atoms with van der Waals surface area (Å²) in [5.74, 6) is 1.90. The minimum Gasteiger partial charge on any atom is -0.492 e. The molecule has 1 unspecified atom stereocenters. The van der Waals surface area contributed by atoms with Gasteiger partial charge in [0, 0.05) is 28.6 Å². The minimum absolute atomic E-state index is 0.121. The van der Waals surface area contributed by atoms with Crippen molar-refractivity contribution in [2.45, 2.75) is 26.4 Å². The van der Waals surface area contributed by atoms with Crippen molar-refractivity contribution < 1.29 is 19.0 Å². The van der Waals surface area contributed by atoms with Crippen LogP contribution in [-0.2, 0) is 11.2 Å². The summed E-state index contributed by atoms with van der Waals surface area (Å²) in [6.07, 6.45) is 2.75. The monoisotopic (exact) mass is 385 g/mol. The maximum absolute atomic E-state index is 12.8.